The number of hydrogen-bond donors (Lipinski definition) is 0. The van der Waals surface area contributed by atoms with Crippen LogP contribution in [-0.4, -0.2) is 35.9 Å². The zero-order valence-corrected chi connectivity index (χ0v) is 13.7. The van der Waals surface area contributed by atoms with Crippen LogP contribution in [0.15, 0.2) is 36.9 Å². The molecule has 3 aromatic rings. The Bertz CT molecular complexity index is 933. The van der Waals surface area contributed by atoms with E-state index in [2.05, 4.69) is 15.1 Å². The average molecular weight is 323 g/mol. The van der Waals surface area contributed by atoms with E-state index in [1.807, 2.05) is 49.6 Å². The van der Waals surface area contributed by atoms with Crippen molar-refractivity contribution >= 4 is 5.97 Å². The minimum Gasteiger partial charge on any atom is -0.455 e. The highest BCUT2D eigenvalue weighted by molar-refractivity contribution is 5.89. The first-order chi connectivity index (χ1) is 11.4. The number of carbonyl (C=O) groups is 1. The number of hydrogen-bond acceptors (Lipinski definition) is 5. The van der Waals surface area contributed by atoms with Gasteiger partial charge in [-0.2, -0.15) is 5.10 Å². The summed E-state index contributed by atoms with van der Waals surface area (Å²) in [6.45, 7) is 5.91. The second kappa shape index (κ2) is 5.02. The smallest absolute Gasteiger partial charge is 0.359 e. The molecule has 1 aromatic carbocycles. The lowest BCUT2D eigenvalue weighted by Gasteiger charge is -2.19. The maximum atomic E-state index is 12.5. The van der Waals surface area contributed by atoms with E-state index >= 15 is 0 Å². The van der Waals surface area contributed by atoms with Crippen molar-refractivity contribution in [1.29, 1.82) is 0 Å². The molecule has 0 fully saturated rings. The van der Waals surface area contributed by atoms with Gasteiger partial charge in [-0.25, -0.2) is 19.4 Å². The van der Waals surface area contributed by atoms with E-state index < -0.39 is 11.6 Å². The van der Waals surface area contributed by atoms with Crippen molar-refractivity contribution in [2.45, 2.75) is 32.9 Å². The number of aromatic nitrogens is 5. The Labute approximate surface area is 138 Å². The third-order valence-electron chi connectivity index (χ3n) is 3.78. The molecule has 0 atom stereocenters. The van der Waals surface area contributed by atoms with Crippen molar-refractivity contribution in [3.63, 3.8) is 0 Å². The Morgan fingerprint density at radius 3 is 2.79 bits per heavy atom. The van der Waals surface area contributed by atoms with Crippen LogP contribution in [0, 0.1) is 0 Å². The fourth-order valence-corrected chi connectivity index (χ4v) is 2.83. The third-order valence-corrected chi connectivity index (χ3v) is 3.78. The van der Waals surface area contributed by atoms with Crippen molar-refractivity contribution in [3.8, 4) is 17.1 Å². The van der Waals surface area contributed by atoms with Gasteiger partial charge in [0.1, 0.15) is 18.3 Å². The van der Waals surface area contributed by atoms with Gasteiger partial charge in [0, 0.05) is 5.56 Å². The van der Waals surface area contributed by atoms with Crippen molar-refractivity contribution in [1.82, 2.24) is 24.3 Å². The van der Waals surface area contributed by atoms with Crippen LogP contribution in [0.25, 0.3) is 17.1 Å². The molecule has 0 aliphatic carbocycles. The van der Waals surface area contributed by atoms with Crippen LogP contribution in [0.2, 0.25) is 0 Å². The summed E-state index contributed by atoms with van der Waals surface area (Å²) in [6.07, 6.45) is 3.17. The normalized spacial score (nSPS) is 12.8. The van der Waals surface area contributed by atoms with Gasteiger partial charge >= 0.3 is 5.97 Å². The molecule has 4 rings (SSSR count). The molecule has 7 nitrogen and oxygen atoms in total. The van der Waals surface area contributed by atoms with E-state index in [1.54, 1.807) is 11.0 Å². The summed E-state index contributed by atoms with van der Waals surface area (Å²) in [5, 5.41) is 4.28. The summed E-state index contributed by atoms with van der Waals surface area (Å²) < 4.78 is 9.17. The lowest BCUT2D eigenvalue weighted by atomic mass is 10.1. The SMILES string of the molecule is CC(C)(C)OC(=O)c1ncn2c1Cn1ncnc1-c1ccccc1-2. The number of fused-ring (bicyclic) bond motifs is 5. The molecular formula is C17H17N5O2. The van der Waals surface area contributed by atoms with Crippen LogP contribution in [0.1, 0.15) is 37.0 Å². The predicted octanol–water partition coefficient (Wildman–Crippen LogP) is 2.45. The summed E-state index contributed by atoms with van der Waals surface area (Å²) in [5.41, 5.74) is 2.33. The minimum absolute atomic E-state index is 0.308. The Hall–Kier alpha value is -2.96. The molecule has 0 saturated carbocycles. The molecule has 2 aromatic heterocycles. The van der Waals surface area contributed by atoms with Crippen LogP contribution >= 0.6 is 0 Å². The molecular weight excluding hydrogens is 306 g/mol. The van der Waals surface area contributed by atoms with Crippen LogP contribution in [0.5, 0.6) is 0 Å². The second-order valence-electron chi connectivity index (χ2n) is 6.67. The van der Waals surface area contributed by atoms with Crippen molar-refractivity contribution < 1.29 is 9.53 Å². The standard InChI is InChI=1S/C17H17N5O2/c1-17(2,3)24-16(23)14-13-8-22-15(18-9-20-22)11-6-4-5-7-12(11)21(13)10-19-14/h4-7,9-10H,8H2,1-3H3. The molecule has 1 aliphatic heterocycles. The van der Waals surface area contributed by atoms with Gasteiger partial charge in [0.25, 0.3) is 0 Å². The van der Waals surface area contributed by atoms with Gasteiger partial charge in [-0.1, -0.05) is 12.1 Å². The fraction of sp³-hybridized carbons (Fsp3) is 0.294. The van der Waals surface area contributed by atoms with Crippen molar-refractivity contribution in [2.75, 3.05) is 0 Å². The van der Waals surface area contributed by atoms with E-state index in [-0.39, 0.29) is 0 Å². The van der Waals surface area contributed by atoms with Crippen LogP contribution in [0.4, 0.5) is 0 Å². The number of ether oxygens (including phenoxy) is 1. The highest BCUT2D eigenvalue weighted by atomic mass is 16.6. The molecule has 0 saturated heterocycles. The average Bonchev–Trinajstić information content (AvgIpc) is 3.11. The first-order valence-electron chi connectivity index (χ1n) is 7.71. The first kappa shape index (κ1) is 14.6. The molecule has 0 spiro atoms. The van der Waals surface area contributed by atoms with E-state index in [1.165, 1.54) is 6.33 Å². The lowest BCUT2D eigenvalue weighted by Crippen LogP contribution is -2.25. The predicted molar refractivity (Wildman–Crippen MR) is 86.9 cm³/mol. The first-order valence-corrected chi connectivity index (χ1v) is 7.71. The van der Waals surface area contributed by atoms with E-state index in [9.17, 15) is 4.79 Å². The quantitative estimate of drug-likeness (QED) is 0.503. The number of carbonyl (C=O) groups excluding carboxylic acids is 1. The topological polar surface area (TPSA) is 74.8 Å². The molecule has 7 heteroatoms. The Kier molecular flexibility index (Phi) is 3.06. The second-order valence-corrected chi connectivity index (χ2v) is 6.67. The number of nitrogens with zero attached hydrogens (tertiary/aromatic N) is 5. The minimum atomic E-state index is -0.575. The van der Waals surface area contributed by atoms with Crippen LogP contribution < -0.4 is 0 Å². The number of rotatable bonds is 1. The third kappa shape index (κ3) is 2.29. The van der Waals surface area contributed by atoms with Gasteiger partial charge in [0.2, 0.25) is 0 Å². The maximum absolute atomic E-state index is 12.5. The summed E-state index contributed by atoms with van der Waals surface area (Å²) in [6, 6.07) is 7.86. The molecule has 24 heavy (non-hydrogen) atoms. The van der Waals surface area contributed by atoms with Gasteiger partial charge < -0.3 is 4.74 Å². The van der Waals surface area contributed by atoms with Crippen LogP contribution in [-0.2, 0) is 11.3 Å². The highest BCUT2D eigenvalue weighted by Gasteiger charge is 2.28. The lowest BCUT2D eigenvalue weighted by molar-refractivity contribution is 0.00619. The van der Waals surface area contributed by atoms with Gasteiger partial charge in [0.05, 0.1) is 17.9 Å². The van der Waals surface area contributed by atoms with Crippen molar-refractivity contribution in [3.05, 3.63) is 48.3 Å². The molecule has 0 unspecified atom stereocenters. The zero-order valence-electron chi connectivity index (χ0n) is 13.7. The molecule has 0 amide bonds. The number of imidazole rings is 1. The molecule has 0 N–H and O–H groups in total. The van der Waals surface area contributed by atoms with E-state index in [0.29, 0.717) is 12.2 Å². The van der Waals surface area contributed by atoms with Gasteiger partial charge in [-0.15, -0.1) is 0 Å². The number of esters is 1. The Balaban J connectivity index is 1.89. The molecule has 122 valence electrons. The Morgan fingerprint density at radius 2 is 2.00 bits per heavy atom. The monoisotopic (exact) mass is 323 g/mol. The van der Waals surface area contributed by atoms with Gasteiger partial charge in [-0.3, -0.25) is 4.57 Å². The fourth-order valence-electron chi connectivity index (χ4n) is 2.83. The summed E-state index contributed by atoms with van der Waals surface area (Å²) in [5.74, 6) is 0.335. The van der Waals surface area contributed by atoms with E-state index in [4.69, 9.17) is 4.74 Å². The summed E-state index contributed by atoms with van der Waals surface area (Å²) >= 11 is 0. The van der Waals surface area contributed by atoms with E-state index in [0.717, 1.165) is 22.8 Å². The van der Waals surface area contributed by atoms with Crippen LogP contribution in [0.3, 0.4) is 0 Å². The molecule has 0 radical (unpaired) electrons. The maximum Gasteiger partial charge on any atom is 0.359 e. The van der Waals surface area contributed by atoms with Gasteiger partial charge in [0.15, 0.2) is 11.5 Å². The Morgan fingerprint density at radius 1 is 1.21 bits per heavy atom. The number of para-hydroxylation sites is 1. The molecule has 1 aliphatic rings. The van der Waals surface area contributed by atoms with Gasteiger partial charge in [-0.05, 0) is 32.9 Å². The highest BCUT2D eigenvalue weighted by Crippen LogP contribution is 2.31. The van der Waals surface area contributed by atoms with Crippen molar-refractivity contribution in [2.24, 2.45) is 0 Å². The number of benzene rings is 1. The molecule has 3 heterocycles. The summed E-state index contributed by atoms with van der Waals surface area (Å²) in [4.78, 5) is 21.2. The summed E-state index contributed by atoms with van der Waals surface area (Å²) in [7, 11) is 0. The zero-order chi connectivity index (χ0) is 16.9. The largest absolute Gasteiger partial charge is 0.455 e. The molecule has 0 bridgehead atoms.